The number of benzene rings is 1. The van der Waals surface area contributed by atoms with Crippen molar-refractivity contribution in [2.24, 2.45) is 14.1 Å². The molecule has 1 fully saturated rings. The van der Waals surface area contributed by atoms with Crippen molar-refractivity contribution in [3.8, 4) is 11.3 Å². The molecule has 0 unspecified atom stereocenters. The van der Waals surface area contributed by atoms with Crippen LogP contribution in [0.2, 0.25) is 0 Å². The van der Waals surface area contributed by atoms with Gasteiger partial charge in [-0.05, 0) is 36.8 Å². The van der Waals surface area contributed by atoms with Gasteiger partial charge in [0, 0.05) is 38.5 Å². The highest BCUT2D eigenvalue weighted by Crippen LogP contribution is 2.35. The number of rotatable bonds is 3. The quantitative estimate of drug-likeness (QED) is 0.376. The molecule has 1 aliphatic heterocycles. The Kier molecular flexibility index (Phi) is 6.25. The summed E-state index contributed by atoms with van der Waals surface area (Å²) in [5.41, 5.74) is -1.50. The molecule has 0 aliphatic carbocycles. The number of hydrogen-bond donors (Lipinski definition) is 0. The maximum absolute atomic E-state index is 15.0. The van der Waals surface area contributed by atoms with Gasteiger partial charge in [-0.25, -0.2) is 19.0 Å². The second-order valence-electron chi connectivity index (χ2n) is 9.15. The van der Waals surface area contributed by atoms with Crippen LogP contribution >= 0.6 is 0 Å². The number of halogens is 4. The number of ether oxygens (including phenoxy) is 1. The fraction of sp³-hybridized carbons (Fsp3) is 0.320. The molecule has 2 atom stereocenters. The second-order valence-corrected chi connectivity index (χ2v) is 9.15. The summed E-state index contributed by atoms with van der Waals surface area (Å²) in [6.07, 6.45) is -2.57. The van der Waals surface area contributed by atoms with E-state index in [1.165, 1.54) is 23.9 Å². The van der Waals surface area contributed by atoms with Gasteiger partial charge in [-0.1, -0.05) is 0 Å². The maximum Gasteiger partial charge on any atom is 0.416 e. The average Bonchev–Trinajstić information content (AvgIpc) is 2.86. The first-order chi connectivity index (χ1) is 17.9. The molecule has 0 amide bonds. The number of alkyl halides is 3. The topological polar surface area (TPSA) is 95.1 Å². The number of fused-ring (bicyclic) bond motifs is 1. The van der Waals surface area contributed by atoms with E-state index in [0.717, 1.165) is 22.4 Å². The van der Waals surface area contributed by atoms with E-state index in [4.69, 9.17) is 4.74 Å². The molecule has 3 aromatic heterocycles. The van der Waals surface area contributed by atoms with Crippen LogP contribution < -0.4 is 16.0 Å². The highest BCUT2D eigenvalue weighted by Gasteiger charge is 2.33. The monoisotopic (exact) mass is 530 g/mol. The third-order valence-corrected chi connectivity index (χ3v) is 6.37. The Labute approximate surface area is 212 Å². The minimum absolute atomic E-state index is 0.0559. The van der Waals surface area contributed by atoms with E-state index < -0.39 is 29.2 Å². The molecule has 0 spiro atoms. The minimum atomic E-state index is -4.73. The smallest absolute Gasteiger partial charge is 0.367 e. The Bertz CT molecular complexity index is 1670. The Balaban J connectivity index is 1.65. The van der Waals surface area contributed by atoms with Crippen molar-refractivity contribution in [1.82, 2.24) is 24.3 Å². The van der Waals surface area contributed by atoms with E-state index in [1.807, 2.05) is 6.92 Å². The summed E-state index contributed by atoms with van der Waals surface area (Å²) in [6, 6.07) is 5.22. The summed E-state index contributed by atoms with van der Waals surface area (Å²) in [4.78, 5) is 35.5. The van der Waals surface area contributed by atoms with Crippen LogP contribution in [0.4, 0.5) is 23.5 Å². The molecule has 13 heteroatoms. The molecule has 198 valence electrons. The van der Waals surface area contributed by atoms with Gasteiger partial charge < -0.3 is 14.2 Å². The van der Waals surface area contributed by atoms with Gasteiger partial charge in [-0.2, -0.15) is 18.3 Å². The first-order valence-corrected chi connectivity index (χ1v) is 11.6. The van der Waals surface area contributed by atoms with Gasteiger partial charge in [0.05, 0.1) is 35.5 Å². The van der Waals surface area contributed by atoms with Gasteiger partial charge >= 0.3 is 6.18 Å². The van der Waals surface area contributed by atoms with Crippen LogP contribution in [-0.2, 0) is 25.0 Å². The van der Waals surface area contributed by atoms with Crippen LogP contribution in [0.15, 0.2) is 52.3 Å². The van der Waals surface area contributed by atoms with Crippen LogP contribution in [0.5, 0.6) is 0 Å². The first-order valence-electron chi connectivity index (χ1n) is 11.6. The van der Waals surface area contributed by atoms with E-state index in [9.17, 15) is 22.8 Å². The van der Waals surface area contributed by atoms with Crippen molar-refractivity contribution in [2.45, 2.75) is 25.3 Å². The van der Waals surface area contributed by atoms with Crippen LogP contribution in [0, 0.1) is 5.82 Å². The van der Waals surface area contributed by atoms with Crippen LogP contribution in [0.1, 0.15) is 24.2 Å². The SMILES string of the molecule is C[C@@H]1CN(c2nc(-c3ccc(C(F)(F)F)cc3F)c3cnn(C)c(=O)c3n2)C[C@H](c2ccc(=O)n(C)c2)O1. The number of nitrogens with zero attached hydrogens (tertiary/aromatic N) is 6. The first kappa shape index (κ1) is 25.5. The molecule has 4 heterocycles. The van der Waals surface area contributed by atoms with Crippen molar-refractivity contribution in [1.29, 1.82) is 0 Å². The van der Waals surface area contributed by atoms with Crippen molar-refractivity contribution in [3.63, 3.8) is 0 Å². The highest BCUT2D eigenvalue weighted by molar-refractivity contribution is 5.92. The number of anilines is 1. The molecule has 1 saturated heterocycles. The van der Waals surface area contributed by atoms with E-state index >= 15 is 4.39 Å². The standard InChI is InChI=1S/C25H22F4N6O3/c1-13-10-35(12-19(38-13)14-4-7-20(36)33(2)11-14)24-31-21(17-9-30-34(3)23(37)22(17)32-24)16-6-5-15(8-18(16)26)25(27,28)29/h4-9,11,13,19H,10,12H2,1-3H3/t13-,19-/m1/s1. The van der Waals surface area contributed by atoms with E-state index in [0.29, 0.717) is 12.6 Å². The largest absolute Gasteiger partial charge is 0.416 e. The zero-order chi connectivity index (χ0) is 27.4. The molecule has 0 N–H and O–H groups in total. The molecule has 38 heavy (non-hydrogen) atoms. The van der Waals surface area contributed by atoms with Crippen LogP contribution in [0.25, 0.3) is 22.2 Å². The summed E-state index contributed by atoms with van der Waals surface area (Å²) in [5, 5.41) is 4.06. The molecule has 0 bridgehead atoms. The summed E-state index contributed by atoms with van der Waals surface area (Å²) in [6.45, 7) is 2.41. The summed E-state index contributed by atoms with van der Waals surface area (Å²) >= 11 is 0. The Morgan fingerprint density at radius 3 is 2.50 bits per heavy atom. The Morgan fingerprint density at radius 2 is 1.82 bits per heavy atom. The number of aryl methyl sites for hydroxylation is 2. The van der Waals surface area contributed by atoms with Gasteiger partial charge in [0.15, 0.2) is 0 Å². The second kappa shape index (κ2) is 9.31. The maximum atomic E-state index is 15.0. The molecule has 0 saturated carbocycles. The normalized spacial score (nSPS) is 18.2. The molecular weight excluding hydrogens is 508 g/mol. The molecule has 1 aliphatic rings. The number of morpholine rings is 1. The lowest BCUT2D eigenvalue weighted by molar-refractivity contribution is -0.137. The van der Waals surface area contributed by atoms with Crippen LogP contribution in [0.3, 0.4) is 0 Å². The van der Waals surface area contributed by atoms with Crippen molar-refractivity contribution in [3.05, 3.63) is 80.4 Å². The van der Waals surface area contributed by atoms with Gasteiger partial charge in [0.2, 0.25) is 11.5 Å². The summed E-state index contributed by atoms with van der Waals surface area (Å²) in [5.74, 6) is -1.06. The van der Waals surface area contributed by atoms with Gasteiger partial charge in [0.25, 0.3) is 5.56 Å². The molecule has 5 rings (SSSR count). The average molecular weight is 530 g/mol. The fourth-order valence-electron chi connectivity index (χ4n) is 4.43. The predicted molar refractivity (Wildman–Crippen MR) is 130 cm³/mol. The van der Waals surface area contributed by atoms with E-state index in [-0.39, 0.29) is 46.3 Å². The summed E-state index contributed by atoms with van der Waals surface area (Å²) in [7, 11) is 3.05. The zero-order valence-electron chi connectivity index (χ0n) is 20.5. The third kappa shape index (κ3) is 4.64. The lowest BCUT2D eigenvalue weighted by atomic mass is 10.0. The Morgan fingerprint density at radius 1 is 1.05 bits per heavy atom. The lowest BCUT2D eigenvalue weighted by Crippen LogP contribution is -2.44. The molecule has 0 radical (unpaired) electrons. The number of aromatic nitrogens is 5. The van der Waals surface area contributed by atoms with Gasteiger partial charge in [0.1, 0.15) is 17.4 Å². The molecular formula is C25H22F4N6O3. The predicted octanol–water partition coefficient (Wildman–Crippen LogP) is 3.21. The molecule has 9 nitrogen and oxygen atoms in total. The Hall–Kier alpha value is -4.13. The zero-order valence-corrected chi connectivity index (χ0v) is 20.5. The van der Waals surface area contributed by atoms with Crippen LogP contribution in [-0.4, -0.2) is 43.5 Å². The number of pyridine rings is 1. The third-order valence-electron chi connectivity index (χ3n) is 6.37. The number of hydrogen-bond acceptors (Lipinski definition) is 7. The molecule has 1 aromatic carbocycles. The van der Waals surface area contributed by atoms with E-state index in [2.05, 4.69) is 15.1 Å². The minimum Gasteiger partial charge on any atom is -0.367 e. The van der Waals surface area contributed by atoms with E-state index in [1.54, 1.807) is 24.2 Å². The van der Waals surface area contributed by atoms with Gasteiger partial charge in [-0.15, -0.1) is 0 Å². The van der Waals surface area contributed by atoms with Crippen molar-refractivity contribution >= 4 is 16.9 Å². The highest BCUT2D eigenvalue weighted by atomic mass is 19.4. The van der Waals surface area contributed by atoms with Crippen molar-refractivity contribution in [2.75, 3.05) is 18.0 Å². The lowest BCUT2D eigenvalue weighted by Gasteiger charge is -2.37. The summed E-state index contributed by atoms with van der Waals surface area (Å²) < 4.78 is 63.0. The van der Waals surface area contributed by atoms with Crippen molar-refractivity contribution < 1.29 is 22.3 Å². The fourth-order valence-corrected chi connectivity index (χ4v) is 4.43. The molecule has 4 aromatic rings. The van der Waals surface area contributed by atoms with Gasteiger partial charge in [-0.3, -0.25) is 9.59 Å².